The van der Waals surface area contributed by atoms with E-state index in [2.05, 4.69) is 0 Å². The fourth-order valence-corrected chi connectivity index (χ4v) is 10.6. The van der Waals surface area contributed by atoms with Gasteiger partial charge in [-0.15, -0.1) is 11.8 Å². The van der Waals surface area contributed by atoms with Gasteiger partial charge in [0.15, 0.2) is 24.8 Å². The first-order valence-electron chi connectivity index (χ1n) is 26.6. The summed E-state index contributed by atoms with van der Waals surface area (Å²) in [4.78, 5) is 40.5. The quantitative estimate of drug-likeness (QED) is 0.0499. The molecule has 0 saturated carbocycles. The van der Waals surface area contributed by atoms with Gasteiger partial charge in [0.25, 0.3) is 0 Å². The molecule has 3 aliphatic rings. The second-order valence-electron chi connectivity index (χ2n) is 19.5. The molecule has 78 heavy (non-hydrogen) atoms. The van der Waals surface area contributed by atoms with Gasteiger partial charge in [-0.1, -0.05) is 171 Å². The summed E-state index contributed by atoms with van der Waals surface area (Å²) < 4.78 is 72.4. The monoisotopic (exact) mass is 1080 g/mol. The molecule has 14 nitrogen and oxygen atoms in total. The van der Waals surface area contributed by atoms with Crippen molar-refractivity contribution in [3.8, 4) is 0 Å². The number of ketones is 1. The molecule has 0 spiro atoms. The summed E-state index contributed by atoms with van der Waals surface area (Å²) in [5.41, 5.74) is 5.70. The van der Waals surface area contributed by atoms with E-state index < -0.39 is 78.8 Å². The van der Waals surface area contributed by atoms with Gasteiger partial charge in [0.05, 0.1) is 58.2 Å². The van der Waals surface area contributed by atoms with Crippen LogP contribution in [0, 0.1) is 6.92 Å². The Morgan fingerprint density at radius 3 is 1.68 bits per heavy atom. The first-order chi connectivity index (χ1) is 38.2. The number of hydrogen-bond acceptors (Lipinski definition) is 15. The lowest BCUT2D eigenvalue weighted by Crippen LogP contribution is -2.62. The van der Waals surface area contributed by atoms with Crippen LogP contribution in [-0.4, -0.2) is 97.2 Å². The molecular weight excluding hydrogens is 1010 g/mol. The van der Waals surface area contributed by atoms with Crippen LogP contribution < -0.4 is 0 Å². The molecule has 3 saturated heterocycles. The van der Waals surface area contributed by atoms with Crippen LogP contribution in [0.25, 0.3) is 0 Å². The zero-order chi connectivity index (χ0) is 54.1. The van der Waals surface area contributed by atoms with E-state index in [9.17, 15) is 14.4 Å². The number of aryl methyl sites for hydroxylation is 1. The molecule has 15 heteroatoms. The van der Waals surface area contributed by atoms with Crippen LogP contribution in [0.3, 0.4) is 0 Å². The smallest absolute Gasteiger partial charge is 0.338 e. The molecule has 0 amide bonds. The largest absolute Gasteiger partial charge is 0.457 e. The topological polar surface area (TPSA) is 153 Å². The summed E-state index contributed by atoms with van der Waals surface area (Å²) in [5.74, 6) is -0.588. The molecule has 0 unspecified atom stereocenters. The summed E-state index contributed by atoms with van der Waals surface area (Å²) in [7, 11) is 0. The number of hydrogen-bond donors (Lipinski definition) is 0. The van der Waals surface area contributed by atoms with Gasteiger partial charge in [-0.2, -0.15) is 0 Å². The van der Waals surface area contributed by atoms with Crippen molar-refractivity contribution >= 4 is 29.5 Å². The summed E-state index contributed by atoms with van der Waals surface area (Å²) >= 11 is 1.57. The number of thioether (sulfide) groups is 1. The molecule has 6 aromatic rings. The Balaban J connectivity index is 0.969. The normalized spacial score (nSPS) is 24.9. The first kappa shape index (κ1) is 56.6. The number of benzene rings is 6. The van der Waals surface area contributed by atoms with Gasteiger partial charge in [0.1, 0.15) is 47.8 Å². The number of esters is 2. The standard InChI is InChI=1S/C63H68O14S/c1-4-78-63-59(70-38-46-24-14-7-15-25-46)57(55-52(74-63)41-72-61(77-55)49-28-18-9-19-29-49)76-60(66)50-34-48(32-30-42(50)2)35-67-40-51-54(75-53(65)33-31-43(3)64)56(68-36-44-20-10-5-11-21-44)58(69-37-45-22-12-6-13-23-45)62(73-51)71-39-47-26-16-8-17-27-47/h5-30,32,34,51-52,54-59,61-63H,4,31,33,35-41H2,1-3H3/t51-,52-,54-,55-,56+,57+,58-,59-,61-,62+,63+/m1/s1. The van der Waals surface area contributed by atoms with E-state index in [4.69, 9.17) is 52.1 Å². The highest BCUT2D eigenvalue weighted by Gasteiger charge is 2.53. The first-order valence-corrected chi connectivity index (χ1v) is 27.7. The van der Waals surface area contributed by atoms with E-state index in [1.807, 2.05) is 178 Å². The minimum Gasteiger partial charge on any atom is -0.457 e. The molecule has 0 N–H and O–H groups in total. The van der Waals surface area contributed by atoms with Gasteiger partial charge in [-0.05, 0) is 59.0 Å². The lowest BCUT2D eigenvalue weighted by molar-refractivity contribution is -0.325. The number of carbonyl (C=O) groups is 3. The lowest BCUT2D eigenvalue weighted by atomic mass is 9.97. The molecule has 0 aromatic heterocycles. The zero-order valence-corrected chi connectivity index (χ0v) is 45.0. The molecule has 0 bridgehead atoms. The van der Waals surface area contributed by atoms with Gasteiger partial charge in [-0.3, -0.25) is 4.79 Å². The van der Waals surface area contributed by atoms with E-state index in [1.54, 1.807) is 17.8 Å². The van der Waals surface area contributed by atoms with Crippen LogP contribution in [0.2, 0.25) is 0 Å². The van der Waals surface area contributed by atoms with Crippen molar-refractivity contribution in [2.24, 2.45) is 0 Å². The average Bonchev–Trinajstić information content (AvgIpc) is 3.56. The highest BCUT2D eigenvalue weighted by Crippen LogP contribution is 2.40. The van der Waals surface area contributed by atoms with Crippen molar-refractivity contribution in [3.63, 3.8) is 0 Å². The molecular formula is C63H68O14S. The highest BCUT2D eigenvalue weighted by atomic mass is 32.2. The second kappa shape index (κ2) is 28.7. The van der Waals surface area contributed by atoms with Crippen molar-refractivity contribution in [1.29, 1.82) is 0 Å². The van der Waals surface area contributed by atoms with Crippen LogP contribution in [0.4, 0.5) is 0 Å². The van der Waals surface area contributed by atoms with Crippen LogP contribution in [0.5, 0.6) is 0 Å². The Hall–Kier alpha value is -6.08. The molecule has 0 radical (unpaired) electrons. The number of carbonyl (C=O) groups excluding carboxylic acids is 3. The van der Waals surface area contributed by atoms with Crippen molar-refractivity contribution in [2.45, 2.75) is 133 Å². The fraction of sp³-hybridized carbons (Fsp3) is 0.381. The predicted octanol–water partition coefficient (Wildman–Crippen LogP) is 10.6. The third kappa shape index (κ3) is 15.6. The molecule has 11 atom stereocenters. The molecule has 3 aliphatic heterocycles. The average molecular weight is 1080 g/mol. The van der Waals surface area contributed by atoms with Gasteiger partial charge in [0.2, 0.25) is 0 Å². The molecule has 6 aromatic carbocycles. The Kier molecular flexibility index (Phi) is 20.8. The van der Waals surface area contributed by atoms with Crippen molar-refractivity contribution in [1.82, 2.24) is 0 Å². The van der Waals surface area contributed by atoms with Crippen molar-refractivity contribution < 1.29 is 66.5 Å². The minimum absolute atomic E-state index is 0.00309. The predicted molar refractivity (Wildman–Crippen MR) is 292 cm³/mol. The van der Waals surface area contributed by atoms with Crippen LogP contribution >= 0.6 is 11.8 Å². The van der Waals surface area contributed by atoms with Crippen molar-refractivity contribution in [2.75, 3.05) is 19.0 Å². The Labute approximate surface area is 460 Å². The zero-order valence-electron chi connectivity index (χ0n) is 44.2. The maximum atomic E-state index is 14.8. The van der Waals surface area contributed by atoms with Gasteiger partial charge in [0, 0.05) is 12.0 Å². The molecule has 3 fully saturated rings. The summed E-state index contributed by atoms with van der Waals surface area (Å²) in [6.45, 7) is 6.27. The summed E-state index contributed by atoms with van der Waals surface area (Å²) in [6, 6.07) is 54.1. The Bertz CT molecular complexity index is 2790. The third-order valence-electron chi connectivity index (χ3n) is 13.7. The summed E-state index contributed by atoms with van der Waals surface area (Å²) in [6.07, 6.45) is -8.56. The molecule has 9 rings (SSSR count). The van der Waals surface area contributed by atoms with Gasteiger partial charge >= 0.3 is 11.9 Å². The molecule has 0 aliphatic carbocycles. The number of rotatable bonds is 25. The molecule has 3 heterocycles. The van der Waals surface area contributed by atoms with Crippen LogP contribution in [-0.2, 0) is 94.7 Å². The summed E-state index contributed by atoms with van der Waals surface area (Å²) in [5, 5.41) is 0. The van der Waals surface area contributed by atoms with Crippen LogP contribution in [0.15, 0.2) is 170 Å². The van der Waals surface area contributed by atoms with Crippen LogP contribution in [0.1, 0.15) is 82.3 Å². The minimum atomic E-state index is -1.07. The molecule has 410 valence electrons. The van der Waals surface area contributed by atoms with E-state index in [0.29, 0.717) is 16.7 Å². The number of fused-ring (bicyclic) bond motifs is 1. The number of Topliss-reactive ketones (excluding diaryl/α,β-unsaturated/α-hetero) is 1. The van der Waals surface area contributed by atoms with Gasteiger partial charge < -0.3 is 56.9 Å². The van der Waals surface area contributed by atoms with E-state index >= 15 is 0 Å². The van der Waals surface area contributed by atoms with E-state index in [1.165, 1.54) is 6.92 Å². The SMILES string of the molecule is CCS[C@@H]1O[C@@H]2CO[C@@H](c3ccccc3)O[C@H]2[C@H](OC(=O)c2cc(COC[C@H]3O[C@H](OCc4ccccc4)[C@H](OCc4ccccc4)[C@@H](OCc4ccccc4)[C@@H]3OC(=O)CCC(C)=O)ccc2C)[C@H]1OCc1ccccc1. The van der Waals surface area contributed by atoms with E-state index in [0.717, 1.165) is 33.6 Å². The highest BCUT2D eigenvalue weighted by molar-refractivity contribution is 7.99. The Morgan fingerprint density at radius 2 is 1.10 bits per heavy atom. The van der Waals surface area contributed by atoms with E-state index in [-0.39, 0.29) is 64.9 Å². The maximum Gasteiger partial charge on any atom is 0.338 e. The lowest BCUT2D eigenvalue weighted by Gasteiger charge is -2.48. The fourth-order valence-electron chi connectivity index (χ4n) is 9.59. The van der Waals surface area contributed by atoms with Gasteiger partial charge in [-0.25, -0.2) is 4.79 Å². The second-order valence-corrected chi connectivity index (χ2v) is 20.9. The maximum absolute atomic E-state index is 14.8. The third-order valence-corrected chi connectivity index (χ3v) is 14.7. The Morgan fingerprint density at radius 1 is 0.551 bits per heavy atom. The number of ether oxygens (including phenoxy) is 11. The van der Waals surface area contributed by atoms with Crippen molar-refractivity contribution in [3.05, 3.63) is 214 Å².